The molecule has 1 heterocycles. The van der Waals surface area contributed by atoms with Gasteiger partial charge in [-0.05, 0) is 44.2 Å². The fraction of sp³-hybridized carbons (Fsp3) is 0.733. The fourth-order valence-corrected chi connectivity index (χ4v) is 4.23. The second-order valence-electron chi connectivity index (χ2n) is 5.89. The van der Waals surface area contributed by atoms with E-state index >= 15 is 0 Å². The van der Waals surface area contributed by atoms with Crippen molar-refractivity contribution in [2.45, 2.75) is 63.4 Å². The van der Waals surface area contributed by atoms with Gasteiger partial charge in [0.05, 0.1) is 4.90 Å². The Morgan fingerprint density at radius 1 is 1.24 bits per heavy atom. The lowest BCUT2D eigenvalue weighted by Gasteiger charge is -2.28. The Hall–Kier alpha value is -0.850. The molecule has 0 aromatic carbocycles. The van der Waals surface area contributed by atoms with E-state index in [2.05, 4.69) is 21.9 Å². The van der Waals surface area contributed by atoms with E-state index in [1.165, 1.54) is 6.42 Å². The molecular weight excluding hydrogens is 286 g/mol. The average Bonchev–Trinajstić information content (AvgIpc) is 2.95. The van der Waals surface area contributed by atoms with Crippen LogP contribution in [0.15, 0.2) is 17.2 Å². The molecule has 1 aliphatic carbocycles. The average molecular weight is 313 g/mol. The SMILES string of the molecule is CCNCc1cc(S(=O)(=O)NC2CCC(CC)CC2)c[nH]1. The first-order valence-corrected chi connectivity index (χ1v) is 9.43. The number of aromatic amines is 1. The topological polar surface area (TPSA) is 74.0 Å². The van der Waals surface area contributed by atoms with Crippen LogP contribution in [0.4, 0.5) is 0 Å². The molecule has 120 valence electrons. The second-order valence-corrected chi connectivity index (χ2v) is 7.60. The van der Waals surface area contributed by atoms with Crippen molar-refractivity contribution in [3.8, 4) is 0 Å². The van der Waals surface area contributed by atoms with Crippen LogP contribution in [-0.4, -0.2) is 26.0 Å². The molecule has 0 unspecified atom stereocenters. The molecule has 0 spiro atoms. The van der Waals surface area contributed by atoms with E-state index in [4.69, 9.17) is 0 Å². The Balaban J connectivity index is 1.94. The van der Waals surface area contributed by atoms with Crippen molar-refractivity contribution in [2.24, 2.45) is 5.92 Å². The molecule has 1 aromatic heterocycles. The number of hydrogen-bond donors (Lipinski definition) is 3. The lowest BCUT2D eigenvalue weighted by atomic mass is 9.85. The van der Waals surface area contributed by atoms with Crippen molar-refractivity contribution in [3.05, 3.63) is 18.0 Å². The molecule has 1 fully saturated rings. The van der Waals surface area contributed by atoms with Gasteiger partial charge >= 0.3 is 0 Å². The first kappa shape index (κ1) is 16.5. The predicted octanol–water partition coefficient (Wildman–Crippen LogP) is 2.37. The van der Waals surface area contributed by atoms with Crippen LogP contribution in [0, 0.1) is 5.92 Å². The zero-order valence-corrected chi connectivity index (χ0v) is 13.8. The van der Waals surface area contributed by atoms with Crippen molar-refractivity contribution in [1.29, 1.82) is 0 Å². The van der Waals surface area contributed by atoms with E-state index in [1.54, 1.807) is 12.3 Å². The van der Waals surface area contributed by atoms with E-state index in [9.17, 15) is 8.42 Å². The van der Waals surface area contributed by atoms with Gasteiger partial charge in [0.15, 0.2) is 0 Å². The summed E-state index contributed by atoms with van der Waals surface area (Å²) in [6, 6.07) is 1.80. The van der Waals surface area contributed by atoms with Crippen LogP contribution in [0.3, 0.4) is 0 Å². The van der Waals surface area contributed by atoms with Gasteiger partial charge in [-0.2, -0.15) is 0 Å². The maximum Gasteiger partial charge on any atom is 0.242 e. The molecule has 5 nitrogen and oxygen atoms in total. The van der Waals surface area contributed by atoms with Gasteiger partial charge in [-0.1, -0.05) is 20.3 Å². The van der Waals surface area contributed by atoms with Crippen LogP contribution in [0.5, 0.6) is 0 Å². The fourth-order valence-electron chi connectivity index (χ4n) is 2.91. The van der Waals surface area contributed by atoms with E-state index in [-0.39, 0.29) is 6.04 Å². The van der Waals surface area contributed by atoms with Crippen LogP contribution >= 0.6 is 0 Å². The lowest BCUT2D eigenvalue weighted by molar-refractivity contribution is 0.306. The highest BCUT2D eigenvalue weighted by Crippen LogP contribution is 2.27. The molecule has 1 aliphatic rings. The van der Waals surface area contributed by atoms with Crippen LogP contribution in [0.25, 0.3) is 0 Å². The maximum atomic E-state index is 12.4. The summed E-state index contributed by atoms with van der Waals surface area (Å²) in [6.45, 7) is 5.75. The summed E-state index contributed by atoms with van der Waals surface area (Å²) in [6.07, 6.45) is 6.93. The highest BCUT2D eigenvalue weighted by Gasteiger charge is 2.25. The van der Waals surface area contributed by atoms with Gasteiger partial charge in [-0.25, -0.2) is 13.1 Å². The second kappa shape index (κ2) is 7.42. The van der Waals surface area contributed by atoms with Crippen LogP contribution in [0.1, 0.15) is 51.6 Å². The molecule has 0 amide bonds. The predicted molar refractivity (Wildman–Crippen MR) is 84.5 cm³/mol. The highest BCUT2D eigenvalue weighted by atomic mass is 32.2. The lowest BCUT2D eigenvalue weighted by Crippen LogP contribution is -2.37. The highest BCUT2D eigenvalue weighted by molar-refractivity contribution is 7.89. The van der Waals surface area contributed by atoms with Gasteiger partial charge in [0.25, 0.3) is 0 Å². The van der Waals surface area contributed by atoms with E-state index < -0.39 is 10.0 Å². The van der Waals surface area contributed by atoms with Crippen molar-refractivity contribution in [2.75, 3.05) is 6.54 Å². The molecule has 0 bridgehead atoms. The summed E-state index contributed by atoms with van der Waals surface area (Å²) >= 11 is 0. The quantitative estimate of drug-likeness (QED) is 0.723. The van der Waals surface area contributed by atoms with Gasteiger partial charge in [-0.3, -0.25) is 0 Å². The summed E-state index contributed by atoms with van der Waals surface area (Å²) in [5, 5.41) is 3.18. The Morgan fingerprint density at radius 3 is 2.57 bits per heavy atom. The molecule has 0 saturated heterocycles. The minimum Gasteiger partial charge on any atom is -0.363 e. The smallest absolute Gasteiger partial charge is 0.242 e. The normalized spacial score (nSPS) is 23.3. The maximum absolute atomic E-state index is 12.4. The van der Waals surface area contributed by atoms with Crippen molar-refractivity contribution >= 4 is 10.0 Å². The minimum absolute atomic E-state index is 0.0879. The minimum atomic E-state index is -3.40. The summed E-state index contributed by atoms with van der Waals surface area (Å²) in [5.41, 5.74) is 0.895. The summed E-state index contributed by atoms with van der Waals surface area (Å²) in [5.74, 6) is 0.768. The number of aromatic nitrogens is 1. The Bertz CT molecular complexity index is 531. The molecule has 1 saturated carbocycles. The van der Waals surface area contributed by atoms with E-state index in [0.717, 1.165) is 43.8 Å². The third kappa shape index (κ3) is 4.56. The molecule has 0 radical (unpaired) electrons. The third-order valence-corrected chi connectivity index (χ3v) is 5.84. The summed E-state index contributed by atoms with van der Waals surface area (Å²) in [7, 11) is -3.40. The first-order chi connectivity index (χ1) is 10.0. The molecule has 2 rings (SSSR count). The van der Waals surface area contributed by atoms with Crippen molar-refractivity contribution in [1.82, 2.24) is 15.0 Å². The van der Waals surface area contributed by atoms with Gasteiger partial charge in [0.1, 0.15) is 0 Å². The van der Waals surface area contributed by atoms with E-state index in [0.29, 0.717) is 11.4 Å². The largest absolute Gasteiger partial charge is 0.363 e. The first-order valence-electron chi connectivity index (χ1n) is 7.95. The number of hydrogen-bond acceptors (Lipinski definition) is 3. The summed E-state index contributed by atoms with van der Waals surface area (Å²) in [4.78, 5) is 3.36. The van der Waals surface area contributed by atoms with Crippen LogP contribution in [-0.2, 0) is 16.6 Å². The number of nitrogens with one attached hydrogen (secondary N) is 3. The number of sulfonamides is 1. The van der Waals surface area contributed by atoms with Crippen molar-refractivity contribution in [3.63, 3.8) is 0 Å². The number of rotatable bonds is 7. The van der Waals surface area contributed by atoms with Gasteiger partial charge in [-0.15, -0.1) is 0 Å². The molecule has 3 N–H and O–H groups in total. The Morgan fingerprint density at radius 2 is 1.95 bits per heavy atom. The number of H-pyrrole nitrogens is 1. The standard InChI is InChI=1S/C15H27N3O2S/c1-3-12-5-7-13(8-6-12)18-21(19,20)15-9-14(17-11-15)10-16-4-2/h9,11-13,16-18H,3-8,10H2,1-2H3. The third-order valence-electron chi connectivity index (χ3n) is 4.34. The Labute approximate surface area is 128 Å². The molecule has 0 atom stereocenters. The molecular formula is C15H27N3O2S. The van der Waals surface area contributed by atoms with E-state index in [1.807, 2.05) is 6.92 Å². The molecule has 0 aliphatic heterocycles. The molecule has 1 aromatic rings. The zero-order valence-electron chi connectivity index (χ0n) is 13.0. The monoisotopic (exact) mass is 313 g/mol. The molecule has 6 heteroatoms. The summed E-state index contributed by atoms with van der Waals surface area (Å²) < 4.78 is 27.6. The Kier molecular flexibility index (Phi) is 5.84. The van der Waals surface area contributed by atoms with Crippen molar-refractivity contribution < 1.29 is 8.42 Å². The van der Waals surface area contributed by atoms with Crippen LogP contribution < -0.4 is 10.0 Å². The van der Waals surface area contributed by atoms with Gasteiger partial charge in [0, 0.05) is 24.5 Å². The van der Waals surface area contributed by atoms with Gasteiger partial charge in [0.2, 0.25) is 10.0 Å². The van der Waals surface area contributed by atoms with Gasteiger partial charge < -0.3 is 10.3 Å². The molecule has 21 heavy (non-hydrogen) atoms. The van der Waals surface area contributed by atoms with Crippen LogP contribution in [0.2, 0.25) is 0 Å². The zero-order chi connectivity index (χ0) is 15.3.